The van der Waals surface area contributed by atoms with Crippen molar-refractivity contribution in [1.82, 2.24) is 35.1 Å². The van der Waals surface area contributed by atoms with Gasteiger partial charge in [0, 0.05) is 28.9 Å². The molecule has 30 heavy (non-hydrogen) atoms. The highest BCUT2D eigenvalue weighted by Gasteiger charge is 2.29. The molecule has 1 saturated carbocycles. The van der Waals surface area contributed by atoms with E-state index in [1.165, 1.54) is 10.4 Å². The fraction of sp³-hybridized carbons (Fsp3) is 0.421. The Kier molecular flexibility index (Phi) is 5.00. The van der Waals surface area contributed by atoms with Crippen LogP contribution in [0.5, 0.6) is 0 Å². The first-order chi connectivity index (χ1) is 14.8. The topological polar surface area (TPSA) is 81.8 Å². The van der Waals surface area contributed by atoms with E-state index in [0.717, 1.165) is 71.9 Å². The smallest absolute Gasteiger partial charge is 0.215 e. The highest BCUT2D eigenvalue weighted by atomic mass is 32.2. The molecule has 0 N–H and O–H groups in total. The van der Waals surface area contributed by atoms with E-state index < -0.39 is 0 Å². The molecule has 4 aromatic heterocycles. The molecule has 1 aliphatic carbocycles. The first-order valence-corrected chi connectivity index (χ1v) is 12.5. The molecule has 0 unspecified atom stereocenters. The van der Waals surface area contributed by atoms with Gasteiger partial charge in [0.1, 0.15) is 15.7 Å². The van der Waals surface area contributed by atoms with Crippen LogP contribution in [0.4, 0.5) is 0 Å². The van der Waals surface area contributed by atoms with Gasteiger partial charge in [-0.3, -0.25) is 4.90 Å². The molecule has 8 nitrogen and oxygen atoms in total. The zero-order valence-electron chi connectivity index (χ0n) is 16.1. The Balaban J connectivity index is 1.42. The first-order valence-electron chi connectivity index (χ1n) is 9.93. The van der Waals surface area contributed by atoms with Crippen LogP contribution in [-0.4, -0.2) is 61.4 Å². The molecule has 154 valence electrons. The van der Waals surface area contributed by atoms with Gasteiger partial charge in [0.05, 0.1) is 31.2 Å². The molecule has 2 aliphatic rings. The summed E-state index contributed by atoms with van der Waals surface area (Å²) in [4.78, 5) is 14.5. The molecule has 0 spiro atoms. The minimum Gasteiger partial charge on any atom is -0.379 e. The fourth-order valence-electron chi connectivity index (χ4n) is 3.56. The van der Waals surface area contributed by atoms with Gasteiger partial charge in [-0.15, -0.1) is 27.8 Å². The summed E-state index contributed by atoms with van der Waals surface area (Å²) in [5.41, 5.74) is 1.19. The van der Waals surface area contributed by atoms with Crippen LogP contribution in [-0.2, 0) is 11.3 Å². The van der Waals surface area contributed by atoms with Crippen LogP contribution in [0.1, 0.15) is 24.7 Å². The van der Waals surface area contributed by atoms with Crippen molar-refractivity contribution in [3.05, 3.63) is 28.7 Å². The number of nitrogens with zero attached hydrogens (tertiary/aromatic N) is 7. The SMILES string of the molecule is c1csc(-c2csc3nc(CN4CCOCC4)nc(Sc4nnnn4C4CC4)c23)c1. The van der Waals surface area contributed by atoms with Crippen LogP contribution in [0.3, 0.4) is 0 Å². The lowest BCUT2D eigenvalue weighted by atomic mass is 10.2. The minimum absolute atomic E-state index is 0.423. The highest BCUT2D eigenvalue weighted by Crippen LogP contribution is 2.43. The van der Waals surface area contributed by atoms with E-state index >= 15 is 0 Å². The Morgan fingerprint density at radius 3 is 2.87 bits per heavy atom. The number of rotatable bonds is 6. The summed E-state index contributed by atoms with van der Waals surface area (Å²) in [5, 5.41) is 19.5. The van der Waals surface area contributed by atoms with Gasteiger partial charge in [-0.25, -0.2) is 14.6 Å². The molecule has 0 atom stereocenters. The van der Waals surface area contributed by atoms with Crippen LogP contribution in [0.2, 0.25) is 0 Å². The standard InChI is InChI=1S/C19H19N7OS3/c1-2-14(28-9-1)13-11-29-17-16(13)18(30-19-22-23-24-26(19)12-3-4-12)21-15(20-17)10-25-5-7-27-8-6-25/h1-2,9,11-12H,3-8,10H2. The zero-order chi connectivity index (χ0) is 19.9. The molecule has 0 aromatic carbocycles. The van der Waals surface area contributed by atoms with E-state index in [1.54, 1.807) is 34.4 Å². The first kappa shape index (κ1) is 18.8. The molecule has 1 aliphatic heterocycles. The van der Waals surface area contributed by atoms with E-state index in [0.29, 0.717) is 6.04 Å². The van der Waals surface area contributed by atoms with Crippen LogP contribution >= 0.6 is 34.4 Å². The normalized spacial score (nSPS) is 17.7. The third-order valence-corrected chi connectivity index (χ3v) is 7.96. The van der Waals surface area contributed by atoms with Crippen molar-refractivity contribution in [3.8, 4) is 10.4 Å². The van der Waals surface area contributed by atoms with Crippen LogP contribution < -0.4 is 0 Å². The highest BCUT2D eigenvalue weighted by molar-refractivity contribution is 7.99. The van der Waals surface area contributed by atoms with Crippen molar-refractivity contribution in [2.24, 2.45) is 0 Å². The molecule has 0 amide bonds. The van der Waals surface area contributed by atoms with Crippen LogP contribution in [0.15, 0.2) is 33.1 Å². The lowest BCUT2D eigenvalue weighted by Crippen LogP contribution is -2.36. The molecule has 2 fully saturated rings. The van der Waals surface area contributed by atoms with Crippen LogP contribution in [0.25, 0.3) is 20.7 Å². The third-order valence-electron chi connectivity index (χ3n) is 5.25. The maximum atomic E-state index is 5.48. The molecule has 11 heteroatoms. The second-order valence-corrected chi connectivity index (χ2v) is 10.1. The monoisotopic (exact) mass is 457 g/mol. The van der Waals surface area contributed by atoms with E-state index in [4.69, 9.17) is 14.7 Å². The van der Waals surface area contributed by atoms with Gasteiger partial charge in [-0.2, -0.15) is 0 Å². The molecule has 0 radical (unpaired) electrons. The largest absolute Gasteiger partial charge is 0.379 e. The summed E-state index contributed by atoms with van der Waals surface area (Å²) < 4.78 is 7.42. The van der Waals surface area contributed by atoms with Crippen molar-refractivity contribution in [2.75, 3.05) is 26.3 Å². The lowest BCUT2D eigenvalue weighted by Gasteiger charge is -2.25. The number of hydrogen-bond acceptors (Lipinski definition) is 10. The molecule has 4 aromatic rings. The molecule has 1 saturated heterocycles. The Morgan fingerprint density at radius 1 is 1.17 bits per heavy atom. The van der Waals surface area contributed by atoms with Crippen molar-refractivity contribution in [3.63, 3.8) is 0 Å². The summed E-state index contributed by atoms with van der Waals surface area (Å²) in [5.74, 6) is 0.844. The van der Waals surface area contributed by atoms with Gasteiger partial charge in [0.25, 0.3) is 0 Å². The number of fused-ring (bicyclic) bond motifs is 1. The van der Waals surface area contributed by atoms with Gasteiger partial charge in [0.15, 0.2) is 0 Å². The second kappa shape index (κ2) is 7.97. The number of tetrazole rings is 1. The average Bonchev–Trinajstić information content (AvgIpc) is 3.15. The van der Waals surface area contributed by atoms with E-state index in [-0.39, 0.29) is 0 Å². The predicted molar refractivity (Wildman–Crippen MR) is 117 cm³/mol. The van der Waals surface area contributed by atoms with Gasteiger partial charge in [-0.05, 0) is 46.5 Å². The van der Waals surface area contributed by atoms with E-state index in [9.17, 15) is 0 Å². The lowest BCUT2D eigenvalue weighted by molar-refractivity contribution is 0.0330. The van der Waals surface area contributed by atoms with E-state index in [1.807, 2.05) is 4.68 Å². The average molecular weight is 458 g/mol. The Morgan fingerprint density at radius 2 is 2.07 bits per heavy atom. The van der Waals surface area contributed by atoms with E-state index in [2.05, 4.69) is 43.3 Å². The predicted octanol–water partition coefficient (Wildman–Crippen LogP) is 3.72. The Bertz CT molecular complexity index is 1160. The molecule has 0 bridgehead atoms. The minimum atomic E-state index is 0.423. The third kappa shape index (κ3) is 3.65. The summed E-state index contributed by atoms with van der Waals surface area (Å²) >= 11 is 4.97. The van der Waals surface area contributed by atoms with Gasteiger partial charge < -0.3 is 4.74 Å². The van der Waals surface area contributed by atoms with Crippen molar-refractivity contribution in [1.29, 1.82) is 0 Å². The van der Waals surface area contributed by atoms with Crippen molar-refractivity contribution in [2.45, 2.75) is 35.6 Å². The number of hydrogen-bond donors (Lipinski definition) is 0. The molecular weight excluding hydrogens is 438 g/mol. The molecule has 6 rings (SSSR count). The van der Waals surface area contributed by atoms with Crippen molar-refractivity contribution < 1.29 is 4.74 Å². The maximum Gasteiger partial charge on any atom is 0.215 e. The van der Waals surface area contributed by atoms with Gasteiger partial charge >= 0.3 is 0 Å². The van der Waals surface area contributed by atoms with Gasteiger partial charge in [0.2, 0.25) is 5.16 Å². The maximum absolute atomic E-state index is 5.48. The summed E-state index contributed by atoms with van der Waals surface area (Å²) in [6, 6.07) is 4.65. The van der Waals surface area contributed by atoms with Crippen molar-refractivity contribution >= 4 is 44.7 Å². The Labute approximate surface area is 185 Å². The number of aromatic nitrogens is 6. The molecule has 5 heterocycles. The summed E-state index contributed by atoms with van der Waals surface area (Å²) in [6.45, 7) is 4.08. The van der Waals surface area contributed by atoms with Crippen LogP contribution in [0, 0.1) is 0 Å². The number of thiophene rings is 2. The fourth-order valence-corrected chi connectivity index (χ4v) is 6.39. The van der Waals surface area contributed by atoms with Gasteiger partial charge in [-0.1, -0.05) is 6.07 Å². The quantitative estimate of drug-likeness (QED) is 0.405. The zero-order valence-corrected chi connectivity index (χ0v) is 18.5. The summed E-state index contributed by atoms with van der Waals surface area (Å²) in [7, 11) is 0. The molecular formula is C19H19N7OS3. The Hall–Kier alpha value is -1.92. The number of morpholine rings is 1. The number of ether oxygens (including phenoxy) is 1. The second-order valence-electron chi connectivity index (χ2n) is 7.38. The summed E-state index contributed by atoms with van der Waals surface area (Å²) in [6.07, 6.45) is 2.28.